The van der Waals surface area contributed by atoms with E-state index in [0.29, 0.717) is 0 Å². The summed E-state index contributed by atoms with van der Waals surface area (Å²) in [5.41, 5.74) is 3.49. The van der Waals surface area contributed by atoms with Crippen LogP contribution in [0.4, 0.5) is 0 Å². The summed E-state index contributed by atoms with van der Waals surface area (Å²) in [7, 11) is 3.39. The molecule has 2 heterocycles. The average Bonchev–Trinajstić information content (AvgIpc) is 3.39. The molecule has 3 aromatic rings. The smallest absolute Gasteiger partial charge is 0.118 e. The summed E-state index contributed by atoms with van der Waals surface area (Å²) in [6.07, 6.45) is 8.11. The maximum absolute atomic E-state index is 5.35. The van der Waals surface area contributed by atoms with Crippen LogP contribution in [-0.4, -0.2) is 25.7 Å². The fourth-order valence-corrected chi connectivity index (χ4v) is 7.82. The zero-order valence-corrected chi connectivity index (χ0v) is 20.2. The van der Waals surface area contributed by atoms with E-state index in [-0.39, 0.29) is 4.08 Å². The number of ether oxygens (including phenoxy) is 2. The molecule has 0 amide bonds. The monoisotopic (exact) mass is 466 g/mol. The maximum atomic E-state index is 5.35. The molecule has 5 heteroatoms. The standard InChI is InChI=1S/C26H26O2S3/c1-27-22-12-8-20(9-13-22)24(21-10-14-23(28-2)15-11-21)6-3-16-26(25-7-4-17-29-25)30-18-5-19-31-26/h3-4,6-17H,5,18-19H2,1-2H3/b16-3+. The number of hydrogen-bond acceptors (Lipinski definition) is 5. The number of methoxy groups -OCH3 is 2. The normalized spacial score (nSPS) is 15.5. The van der Waals surface area contributed by atoms with Crippen molar-refractivity contribution < 1.29 is 9.47 Å². The number of thiophene rings is 1. The Bertz CT molecular complexity index is 964. The molecule has 0 unspecified atom stereocenters. The Hall–Kier alpha value is -2.08. The Morgan fingerprint density at radius 2 is 1.42 bits per heavy atom. The van der Waals surface area contributed by atoms with E-state index in [0.717, 1.165) is 22.6 Å². The molecule has 1 fully saturated rings. The number of thioether (sulfide) groups is 2. The van der Waals surface area contributed by atoms with Crippen LogP contribution in [0.2, 0.25) is 0 Å². The minimum atomic E-state index is 0.00778. The van der Waals surface area contributed by atoms with Crippen LogP contribution < -0.4 is 9.47 Å². The molecule has 1 aromatic heterocycles. The summed E-state index contributed by atoms with van der Waals surface area (Å²) >= 11 is 5.94. The Kier molecular flexibility index (Phi) is 7.49. The third-order valence-electron chi connectivity index (χ3n) is 5.17. The molecular weight excluding hydrogens is 440 g/mol. The largest absolute Gasteiger partial charge is 0.497 e. The van der Waals surface area contributed by atoms with Crippen molar-refractivity contribution in [3.8, 4) is 11.5 Å². The zero-order chi connectivity index (χ0) is 21.5. The lowest BCUT2D eigenvalue weighted by Crippen LogP contribution is -2.18. The molecule has 1 aliphatic rings. The molecule has 0 N–H and O–H groups in total. The van der Waals surface area contributed by atoms with Gasteiger partial charge in [0.05, 0.1) is 14.2 Å². The predicted molar refractivity (Wildman–Crippen MR) is 138 cm³/mol. The van der Waals surface area contributed by atoms with Crippen molar-refractivity contribution in [3.05, 3.63) is 100 Å². The summed E-state index contributed by atoms with van der Waals surface area (Å²) in [6.45, 7) is 0. The molecule has 2 nitrogen and oxygen atoms in total. The first-order valence-electron chi connectivity index (χ1n) is 10.2. The van der Waals surface area contributed by atoms with Crippen LogP contribution in [0.1, 0.15) is 22.4 Å². The van der Waals surface area contributed by atoms with Gasteiger partial charge in [-0.05, 0) is 70.3 Å². The number of rotatable bonds is 7. The Morgan fingerprint density at radius 1 is 0.839 bits per heavy atom. The van der Waals surface area contributed by atoms with Crippen LogP contribution >= 0.6 is 34.9 Å². The summed E-state index contributed by atoms with van der Waals surface area (Å²) in [5, 5.41) is 2.18. The van der Waals surface area contributed by atoms with Crippen LogP contribution in [0.5, 0.6) is 11.5 Å². The fourth-order valence-electron chi connectivity index (χ4n) is 3.52. The van der Waals surface area contributed by atoms with E-state index in [1.807, 2.05) is 59.1 Å². The van der Waals surface area contributed by atoms with Crippen molar-refractivity contribution in [2.45, 2.75) is 10.5 Å². The third-order valence-corrected chi connectivity index (χ3v) is 9.69. The van der Waals surface area contributed by atoms with E-state index in [4.69, 9.17) is 9.47 Å². The van der Waals surface area contributed by atoms with Crippen molar-refractivity contribution >= 4 is 40.4 Å². The Morgan fingerprint density at radius 3 is 1.90 bits per heavy atom. The highest BCUT2D eigenvalue weighted by atomic mass is 32.2. The van der Waals surface area contributed by atoms with Crippen LogP contribution in [0, 0.1) is 0 Å². The van der Waals surface area contributed by atoms with Gasteiger partial charge in [0, 0.05) is 4.88 Å². The number of hydrogen-bond donors (Lipinski definition) is 0. The summed E-state index contributed by atoms with van der Waals surface area (Å²) in [5.74, 6) is 4.12. The van der Waals surface area contributed by atoms with Gasteiger partial charge in [0.25, 0.3) is 0 Å². The second-order valence-electron chi connectivity index (χ2n) is 7.09. The molecule has 0 atom stereocenters. The molecule has 4 rings (SSSR count). The summed E-state index contributed by atoms with van der Waals surface area (Å²) < 4.78 is 10.7. The van der Waals surface area contributed by atoms with Crippen LogP contribution in [0.25, 0.3) is 5.57 Å². The zero-order valence-electron chi connectivity index (χ0n) is 17.7. The lowest BCUT2D eigenvalue weighted by atomic mass is 9.97. The highest BCUT2D eigenvalue weighted by Crippen LogP contribution is 2.52. The van der Waals surface area contributed by atoms with Gasteiger partial charge < -0.3 is 9.47 Å². The SMILES string of the molecule is COc1ccc(C(=C/C=C/C2(c3cccs3)SCCCS2)c2ccc(OC)cc2)cc1. The number of benzene rings is 2. The molecule has 0 spiro atoms. The van der Waals surface area contributed by atoms with Crippen molar-refractivity contribution in [1.82, 2.24) is 0 Å². The van der Waals surface area contributed by atoms with Gasteiger partial charge in [0.15, 0.2) is 0 Å². The molecule has 2 aromatic carbocycles. The summed E-state index contributed by atoms with van der Waals surface area (Å²) in [6, 6.07) is 20.9. The van der Waals surface area contributed by atoms with Gasteiger partial charge in [-0.15, -0.1) is 34.9 Å². The molecule has 0 bridgehead atoms. The molecule has 0 aliphatic carbocycles. The Balaban J connectivity index is 1.71. The van der Waals surface area contributed by atoms with E-state index >= 15 is 0 Å². The van der Waals surface area contributed by atoms with E-state index < -0.39 is 0 Å². The van der Waals surface area contributed by atoms with Crippen LogP contribution in [-0.2, 0) is 4.08 Å². The van der Waals surface area contributed by atoms with Gasteiger partial charge >= 0.3 is 0 Å². The van der Waals surface area contributed by atoms with Gasteiger partial charge in [-0.25, -0.2) is 0 Å². The molecule has 1 saturated heterocycles. The first-order valence-corrected chi connectivity index (χ1v) is 13.1. The average molecular weight is 467 g/mol. The minimum absolute atomic E-state index is 0.00778. The first-order chi connectivity index (χ1) is 15.2. The maximum Gasteiger partial charge on any atom is 0.118 e. The predicted octanol–water partition coefficient (Wildman–Crippen LogP) is 7.48. The highest BCUT2D eigenvalue weighted by Gasteiger charge is 2.33. The molecule has 160 valence electrons. The topological polar surface area (TPSA) is 18.5 Å². The second-order valence-corrected chi connectivity index (χ2v) is 11.0. The molecule has 0 saturated carbocycles. The highest BCUT2D eigenvalue weighted by molar-refractivity contribution is 8.18. The van der Waals surface area contributed by atoms with E-state index in [1.54, 1.807) is 14.2 Å². The lowest BCUT2D eigenvalue weighted by molar-refractivity contribution is 0.414. The van der Waals surface area contributed by atoms with Gasteiger partial charge in [-0.1, -0.05) is 48.6 Å². The lowest BCUT2D eigenvalue weighted by Gasteiger charge is -2.32. The van der Waals surface area contributed by atoms with Crippen molar-refractivity contribution in [2.24, 2.45) is 0 Å². The van der Waals surface area contributed by atoms with E-state index in [2.05, 4.69) is 60.0 Å². The third kappa shape index (κ3) is 5.22. The fraction of sp³-hybridized carbons (Fsp3) is 0.231. The first kappa shape index (κ1) is 22.1. The van der Waals surface area contributed by atoms with E-state index in [9.17, 15) is 0 Å². The van der Waals surface area contributed by atoms with Gasteiger partial charge in [-0.2, -0.15) is 0 Å². The van der Waals surface area contributed by atoms with Crippen molar-refractivity contribution in [3.63, 3.8) is 0 Å². The van der Waals surface area contributed by atoms with Crippen molar-refractivity contribution in [2.75, 3.05) is 25.7 Å². The van der Waals surface area contributed by atoms with Crippen LogP contribution in [0.3, 0.4) is 0 Å². The van der Waals surface area contributed by atoms with E-state index in [1.165, 1.54) is 28.4 Å². The quantitative estimate of drug-likeness (QED) is 0.336. The number of allylic oxidation sites excluding steroid dienone is 2. The molecular formula is C26H26O2S3. The molecule has 0 radical (unpaired) electrons. The Labute approximate surface area is 197 Å². The van der Waals surface area contributed by atoms with Crippen molar-refractivity contribution in [1.29, 1.82) is 0 Å². The van der Waals surface area contributed by atoms with Gasteiger partial charge in [0.1, 0.15) is 15.6 Å². The molecule has 1 aliphatic heterocycles. The minimum Gasteiger partial charge on any atom is -0.497 e. The molecule has 31 heavy (non-hydrogen) atoms. The van der Waals surface area contributed by atoms with Crippen LogP contribution in [0.15, 0.2) is 84.3 Å². The summed E-state index contributed by atoms with van der Waals surface area (Å²) in [4.78, 5) is 1.42. The van der Waals surface area contributed by atoms with Gasteiger partial charge in [-0.3, -0.25) is 0 Å². The second kappa shape index (κ2) is 10.5. The van der Waals surface area contributed by atoms with Gasteiger partial charge in [0.2, 0.25) is 0 Å².